The topological polar surface area (TPSA) is 85.2 Å². The molecule has 1 saturated carbocycles. The van der Waals surface area contributed by atoms with Gasteiger partial charge in [-0.15, -0.1) is 0 Å². The van der Waals surface area contributed by atoms with Crippen LogP contribution in [0.1, 0.15) is 34.1 Å². The van der Waals surface area contributed by atoms with E-state index < -0.39 is 0 Å². The summed E-state index contributed by atoms with van der Waals surface area (Å²) in [6, 6.07) is 18.4. The number of rotatable bonds is 7. The summed E-state index contributed by atoms with van der Waals surface area (Å²) in [5, 5.41) is 7.82. The molecule has 9 heteroatoms. The number of benzene rings is 2. The van der Waals surface area contributed by atoms with E-state index in [0.717, 1.165) is 28.9 Å². The number of aromatic nitrogens is 4. The molecule has 188 valence electrons. The zero-order chi connectivity index (χ0) is 25.2. The maximum absolute atomic E-state index is 13.3. The molecule has 8 nitrogen and oxygen atoms in total. The van der Waals surface area contributed by atoms with Crippen LogP contribution in [0.3, 0.4) is 0 Å². The molecule has 1 aliphatic carbocycles. The van der Waals surface area contributed by atoms with Crippen LogP contribution >= 0.6 is 0 Å². The predicted molar refractivity (Wildman–Crippen MR) is 136 cm³/mol. The van der Waals surface area contributed by atoms with Gasteiger partial charge in [-0.05, 0) is 60.5 Å². The van der Waals surface area contributed by atoms with Gasteiger partial charge in [0.2, 0.25) is 0 Å². The number of halogens is 1. The number of hydrogen-bond acceptors (Lipinski definition) is 6. The van der Waals surface area contributed by atoms with Crippen molar-refractivity contribution in [3.05, 3.63) is 95.8 Å². The lowest BCUT2D eigenvalue weighted by Crippen LogP contribution is -2.41. The second kappa shape index (κ2) is 10.2. The van der Waals surface area contributed by atoms with Crippen LogP contribution in [0.2, 0.25) is 0 Å². The van der Waals surface area contributed by atoms with Gasteiger partial charge in [0.25, 0.3) is 5.91 Å². The van der Waals surface area contributed by atoms with Crippen molar-refractivity contribution in [2.45, 2.75) is 24.9 Å². The third kappa shape index (κ3) is 5.28. The van der Waals surface area contributed by atoms with Gasteiger partial charge in [-0.1, -0.05) is 12.1 Å². The van der Waals surface area contributed by atoms with Gasteiger partial charge in [-0.25, -0.2) is 19.0 Å². The smallest absolute Gasteiger partial charge is 0.272 e. The highest BCUT2D eigenvalue weighted by atomic mass is 19.1. The first-order valence-corrected chi connectivity index (χ1v) is 12.5. The average Bonchev–Trinajstić information content (AvgIpc) is 3.51. The van der Waals surface area contributed by atoms with Crippen molar-refractivity contribution in [3.8, 4) is 17.1 Å². The van der Waals surface area contributed by atoms with Gasteiger partial charge >= 0.3 is 0 Å². The molecule has 2 aliphatic rings. The molecule has 1 amide bonds. The van der Waals surface area contributed by atoms with Crippen molar-refractivity contribution >= 4 is 5.91 Å². The maximum Gasteiger partial charge on any atom is 0.272 e. The van der Waals surface area contributed by atoms with Crippen molar-refractivity contribution in [2.24, 2.45) is 0 Å². The second-order valence-corrected chi connectivity index (χ2v) is 9.35. The predicted octanol–water partition coefficient (Wildman–Crippen LogP) is 3.59. The van der Waals surface area contributed by atoms with Crippen LogP contribution in [0.15, 0.2) is 73.1 Å². The number of carbonyl (C=O) groups excluding carboxylic acids is 1. The van der Waals surface area contributed by atoms with Gasteiger partial charge in [-0.3, -0.25) is 4.79 Å². The van der Waals surface area contributed by atoms with Crippen LogP contribution in [-0.2, 0) is 11.3 Å². The number of carbonyl (C=O) groups is 1. The van der Waals surface area contributed by atoms with E-state index in [9.17, 15) is 9.18 Å². The van der Waals surface area contributed by atoms with Gasteiger partial charge in [-0.2, -0.15) is 5.10 Å². The normalized spacial score (nSPS) is 19.1. The highest BCUT2D eigenvalue weighted by Gasteiger charge is 2.37. The SMILES string of the molecule is O=C(c1cc(CN[C@@H]2C[C@H]2c2ccc(F)cc2)nc(-c2ccc(-n3cccn3)cc2)n1)N1CCOCC1. The van der Waals surface area contributed by atoms with Crippen LogP contribution in [0.4, 0.5) is 4.39 Å². The first kappa shape index (κ1) is 23.4. The molecule has 1 aliphatic heterocycles. The third-order valence-corrected chi connectivity index (χ3v) is 6.83. The van der Waals surface area contributed by atoms with Crippen molar-refractivity contribution < 1.29 is 13.9 Å². The van der Waals surface area contributed by atoms with Gasteiger partial charge in [0.05, 0.1) is 24.6 Å². The number of amides is 1. The van der Waals surface area contributed by atoms with Crippen LogP contribution < -0.4 is 5.32 Å². The van der Waals surface area contributed by atoms with E-state index in [1.807, 2.05) is 48.7 Å². The lowest BCUT2D eigenvalue weighted by molar-refractivity contribution is 0.0299. The third-order valence-electron chi connectivity index (χ3n) is 6.83. The van der Waals surface area contributed by atoms with E-state index in [4.69, 9.17) is 9.72 Å². The number of ether oxygens (including phenoxy) is 1. The van der Waals surface area contributed by atoms with E-state index in [1.54, 1.807) is 21.8 Å². The fraction of sp³-hybridized carbons (Fsp3) is 0.286. The molecule has 0 radical (unpaired) electrons. The molecule has 6 rings (SSSR count). The number of hydrogen-bond donors (Lipinski definition) is 1. The Labute approximate surface area is 214 Å². The summed E-state index contributed by atoms with van der Waals surface area (Å²) in [7, 11) is 0. The Balaban J connectivity index is 1.23. The van der Waals surface area contributed by atoms with E-state index in [1.165, 1.54) is 12.1 Å². The lowest BCUT2D eigenvalue weighted by atomic mass is 10.1. The summed E-state index contributed by atoms with van der Waals surface area (Å²) in [4.78, 5) is 24.5. The molecule has 4 aromatic rings. The average molecular weight is 499 g/mol. The summed E-state index contributed by atoms with van der Waals surface area (Å²) >= 11 is 0. The standard InChI is InChI=1S/C28H27FN6O2/c29-21-6-2-19(3-7-21)24-17-25(24)30-18-22-16-26(28(36)34-12-14-37-15-13-34)33-27(32-22)20-4-8-23(9-5-20)35-11-1-10-31-35/h1-11,16,24-25,30H,12-15,17-18H2/t24-,25+/m0/s1. The first-order chi connectivity index (χ1) is 18.1. The Morgan fingerprint density at radius 3 is 2.57 bits per heavy atom. The van der Waals surface area contributed by atoms with Crippen LogP contribution in [-0.4, -0.2) is 62.9 Å². The zero-order valence-corrected chi connectivity index (χ0v) is 20.3. The van der Waals surface area contributed by atoms with E-state index in [2.05, 4.69) is 15.4 Å². The van der Waals surface area contributed by atoms with E-state index in [-0.39, 0.29) is 17.8 Å². The van der Waals surface area contributed by atoms with Crippen LogP contribution in [0.25, 0.3) is 17.1 Å². The molecular weight excluding hydrogens is 471 g/mol. The number of nitrogens with one attached hydrogen (secondary N) is 1. The summed E-state index contributed by atoms with van der Waals surface area (Å²) < 4.78 is 20.5. The molecule has 2 atom stereocenters. The molecule has 0 unspecified atom stereocenters. The molecule has 37 heavy (non-hydrogen) atoms. The summed E-state index contributed by atoms with van der Waals surface area (Å²) in [6.45, 7) is 2.66. The van der Waals surface area contributed by atoms with Crippen LogP contribution in [0, 0.1) is 5.82 Å². The lowest BCUT2D eigenvalue weighted by Gasteiger charge is -2.26. The fourth-order valence-corrected chi connectivity index (χ4v) is 4.67. The fourth-order valence-electron chi connectivity index (χ4n) is 4.67. The van der Waals surface area contributed by atoms with Crippen molar-refractivity contribution in [3.63, 3.8) is 0 Å². The molecule has 0 spiro atoms. The second-order valence-electron chi connectivity index (χ2n) is 9.35. The highest BCUT2D eigenvalue weighted by molar-refractivity contribution is 5.93. The number of nitrogens with zero attached hydrogens (tertiary/aromatic N) is 5. The van der Waals surface area contributed by atoms with Crippen LogP contribution in [0.5, 0.6) is 0 Å². The zero-order valence-electron chi connectivity index (χ0n) is 20.3. The molecule has 2 aromatic carbocycles. The van der Waals surface area contributed by atoms with Gasteiger partial charge in [0, 0.05) is 49.6 Å². The summed E-state index contributed by atoms with van der Waals surface area (Å²) in [5.41, 5.74) is 4.01. The quantitative estimate of drug-likeness (QED) is 0.419. The first-order valence-electron chi connectivity index (χ1n) is 12.5. The molecule has 1 saturated heterocycles. The van der Waals surface area contributed by atoms with E-state index in [0.29, 0.717) is 50.3 Å². The van der Waals surface area contributed by atoms with Crippen molar-refractivity contribution in [2.75, 3.05) is 26.3 Å². The largest absolute Gasteiger partial charge is 0.378 e. The van der Waals surface area contributed by atoms with Gasteiger partial charge in [0.1, 0.15) is 11.5 Å². The Kier molecular flexibility index (Phi) is 6.46. The maximum atomic E-state index is 13.3. The molecule has 0 bridgehead atoms. The molecule has 2 aromatic heterocycles. The van der Waals surface area contributed by atoms with Gasteiger partial charge in [0.15, 0.2) is 5.82 Å². The molecule has 2 fully saturated rings. The van der Waals surface area contributed by atoms with Crippen molar-refractivity contribution in [1.29, 1.82) is 0 Å². The minimum Gasteiger partial charge on any atom is -0.378 e. The Morgan fingerprint density at radius 2 is 1.84 bits per heavy atom. The molecule has 3 heterocycles. The number of morpholine rings is 1. The monoisotopic (exact) mass is 498 g/mol. The minimum absolute atomic E-state index is 0.114. The summed E-state index contributed by atoms with van der Waals surface area (Å²) in [6.07, 6.45) is 4.60. The molecule has 1 N–H and O–H groups in total. The minimum atomic E-state index is -0.224. The summed E-state index contributed by atoms with van der Waals surface area (Å²) in [5.74, 6) is 0.523. The molecular formula is C28H27FN6O2. The van der Waals surface area contributed by atoms with Gasteiger partial charge < -0.3 is 15.0 Å². The van der Waals surface area contributed by atoms with E-state index >= 15 is 0 Å². The Bertz CT molecular complexity index is 1370. The highest BCUT2D eigenvalue weighted by Crippen LogP contribution is 2.40. The van der Waals surface area contributed by atoms with Crippen molar-refractivity contribution in [1.82, 2.24) is 30.0 Å². The Morgan fingerprint density at radius 1 is 1.05 bits per heavy atom. The Hall–Kier alpha value is -3.95.